The van der Waals surface area contributed by atoms with E-state index in [0.717, 1.165) is 28.4 Å². The standard InChI is InChI=1S/C41H36N2/c1-3-15-40-32(4-2)16-14-23-41(40)43(37-21-12-7-13-22-37)39-30-26-34(27-31-39)33-24-28-38(29-25-33)42(35-17-8-5-9-18-35)36-19-10-6-11-20-36/h3-32,40H,2H2,1H3/b15-3-. The molecule has 0 heterocycles. The molecule has 0 spiro atoms. The molecule has 0 radical (unpaired) electrons. The highest BCUT2D eigenvalue weighted by Gasteiger charge is 2.27. The molecule has 0 aromatic heterocycles. The average molecular weight is 557 g/mol. The second-order valence-corrected chi connectivity index (χ2v) is 10.6. The molecule has 2 nitrogen and oxygen atoms in total. The first-order valence-corrected chi connectivity index (χ1v) is 14.9. The zero-order valence-corrected chi connectivity index (χ0v) is 24.5. The van der Waals surface area contributed by atoms with Crippen LogP contribution in [0.25, 0.3) is 11.1 Å². The Labute approximate surface area is 255 Å². The van der Waals surface area contributed by atoms with Crippen LogP contribution >= 0.6 is 0 Å². The van der Waals surface area contributed by atoms with Gasteiger partial charge in [-0.05, 0) is 84.8 Å². The van der Waals surface area contributed by atoms with Gasteiger partial charge >= 0.3 is 0 Å². The fourth-order valence-corrected chi connectivity index (χ4v) is 5.82. The van der Waals surface area contributed by atoms with Gasteiger partial charge in [-0.3, -0.25) is 0 Å². The fraction of sp³-hybridized carbons (Fsp3) is 0.0732. The van der Waals surface area contributed by atoms with Gasteiger partial charge in [-0.15, -0.1) is 6.58 Å². The van der Waals surface area contributed by atoms with Crippen LogP contribution in [-0.2, 0) is 0 Å². The van der Waals surface area contributed by atoms with E-state index >= 15 is 0 Å². The highest BCUT2D eigenvalue weighted by Crippen LogP contribution is 2.40. The molecular weight excluding hydrogens is 520 g/mol. The number of rotatable bonds is 9. The van der Waals surface area contributed by atoms with Crippen molar-refractivity contribution in [3.05, 3.63) is 188 Å². The van der Waals surface area contributed by atoms with Crippen LogP contribution in [0.1, 0.15) is 6.92 Å². The van der Waals surface area contributed by atoms with Gasteiger partial charge in [0, 0.05) is 46.0 Å². The normalized spacial score (nSPS) is 16.1. The Morgan fingerprint density at radius 3 is 1.40 bits per heavy atom. The maximum Gasteiger partial charge on any atom is 0.0462 e. The largest absolute Gasteiger partial charge is 0.314 e. The number of allylic oxidation sites excluding steroid dienone is 6. The third kappa shape index (κ3) is 6.00. The van der Waals surface area contributed by atoms with Crippen LogP contribution in [-0.4, -0.2) is 0 Å². The molecular formula is C41H36N2. The van der Waals surface area contributed by atoms with Crippen LogP contribution in [0, 0.1) is 11.8 Å². The monoisotopic (exact) mass is 556 g/mol. The molecule has 1 aliphatic rings. The lowest BCUT2D eigenvalue weighted by Crippen LogP contribution is -2.27. The van der Waals surface area contributed by atoms with Crippen LogP contribution in [0.4, 0.5) is 28.4 Å². The zero-order chi connectivity index (χ0) is 29.4. The van der Waals surface area contributed by atoms with E-state index < -0.39 is 0 Å². The first kappa shape index (κ1) is 27.8. The number of hydrogen-bond acceptors (Lipinski definition) is 2. The van der Waals surface area contributed by atoms with Gasteiger partial charge in [0.05, 0.1) is 0 Å². The van der Waals surface area contributed by atoms with Gasteiger partial charge in [-0.1, -0.05) is 109 Å². The Kier molecular flexibility index (Phi) is 8.47. The highest BCUT2D eigenvalue weighted by molar-refractivity contribution is 5.79. The molecule has 2 unspecified atom stereocenters. The summed E-state index contributed by atoms with van der Waals surface area (Å²) in [6.45, 7) is 6.20. The predicted octanol–water partition coefficient (Wildman–Crippen LogP) is 11.4. The summed E-state index contributed by atoms with van der Waals surface area (Å²) in [6, 6.07) is 49.4. The van der Waals surface area contributed by atoms with E-state index in [2.05, 4.69) is 193 Å². The van der Waals surface area contributed by atoms with Crippen LogP contribution < -0.4 is 9.80 Å². The number of nitrogens with zero attached hydrogens (tertiary/aromatic N) is 2. The van der Waals surface area contributed by atoms with E-state index in [4.69, 9.17) is 0 Å². The quantitative estimate of drug-likeness (QED) is 0.167. The summed E-state index contributed by atoms with van der Waals surface area (Å²) in [5, 5.41) is 0. The molecule has 43 heavy (non-hydrogen) atoms. The predicted molar refractivity (Wildman–Crippen MR) is 184 cm³/mol. The fourth-order valence-electron chi connectivity index (χ4n) is 5.82. The molecule has 5 aromatic rings. The summed E-state index contributed by atoms with van der Waals surface area (Å²) in [5.74, 6) is 0.448. The average Bonchev–Trinajstić information content (AvgIpc) is 3.08. The molecule has 0 aliphatic heterocycles. The first-order chi connectivity index (χ1) is 21.3. The first-order valence-electron chi connectivity index (χ1n) is 14.9. The van der Waals surface area contributed by atoms with Gasteiger partial charge in [-0.2, -0.15) is 0 Å². The molecule has 0 saturated carbocycles. The molecule has 0 N–H and O–H groups in total. The van der Waals surface area contributed by atoms with E-state index in [1.54, 1.807) is 0 Å². The number of hydrogen-bond donors (Lipinski definition) is 0. The van der Waals surface area contributed by atoms with Crippen molar-refractivity contribution in [3.8, 4) is 11.1 Å². The van der Waals surface area contributed by atoms with Crippen molar-refractivity contribution in [3.63, 3.8) is 0 Å². The van der Waals surface area contributed by atoms with Crippen LogP contribution in [0.2, 0.25) is 0 Å². The lowest BCUT2D eigenvalue weighted by atomic mass is 9.84. The molecule has 0 saturated heterocycles. The molecule has 2 heteroatoms. The summed E-state index contributed by atoms with van der Waals surface area (Å²) in [6.07, 6.45) is 13.1. The highest BCUT2D eigenvalue weighted by atomic mass is 15.2. The minimum atomic E-state index is 0.206. The maximum atomic E-state index is 4.12. The minimum absolute atomic E-state index is 0.206. The Morgan fingerprint density at radius 2 is 0.953 bits per heavy atom. The van der Waals surface area contributed by atoms with Crippen LogP contribution in [0.15, 0.2) is 188 Å². The third-order valence-corrected chi connectivity index (χ3v) is 7.91. The molecule has 2 atom stereocenters. The van der Waals surface area contributed by atoms with Gasteiger partial charge < -0.3 is 9.80 Å². The second kappa shape index (κ2) is 13.1. The van der Waals surface area contributed by atoms with Gasteiger partial charge in [0.15, 0.2) is 0 Å². The van der Waals surface area contributed by atoms with E-state index in [0.29, 0.717) is 0 Å². The van der Waals surface area contributed by atoms with E-state index in [-0.39, 0.29) is 11.8 Å². The van der Waals surface area contributed by atoms with Crippen molar-refractivity contribution < 1.29 is 0 Å². The molecule has 0 fully saturated rings. The third-order valence-electron chi connectivity index (χ3n) is 7.91. The second-order valence-electron chi connectivity index (χ2n) is 10.6. The van der Waals surface area contributed by atoms with Crippen molar-refractivity contribution >= 4 is 28.4 Å². The Hall–Kier alpha value is -5.34. The van der Waals surface area contributed by atoms with Gasteiger partial charge in [-0.25, -0.2) is 0 Å². The summed E-state index contributed by atoms with van der Waals surface area (Å²) in [5.41, 5.74) is 9.25. The van der Waals surface area contributed by atoms with Crippen molar-refractivity contribution in [2.24, 2.45) is 11.8 Å². The lowest BCUT2D eigenvalue weighted by molar-refractivity contribution is 0.619. The van der Waals surface area contributed by atoms with E-state index in [1.165, 1.54) is 16.8 Å². The molecule has 6 rings (SSSR count). The van der Waals surface area contributed by atoms with Crippen molar-refractivity contribution in [1.29, 1.82) is 0 Å². The van der Waals surface area contributed by atoms with E-state index in [1.807, 2.05) is 6.08 Å². The Morgan fingerprint density at radius 1 is 0.535 bits per heavy atom. The van der Waals surface area contributed by atoms with Gasteiger partial charge in [0.25, 0.3) is 0 Å². The Balaban J connectivity index is 1.33. The van der Waals surface area contributed by atoms with Crippen molar-refractivity contribution in [2.75, 3.05) is 9.80 Å². The zero-order valence-electron chi connectivity index (χ0n) is 24.5. The van der Waals surface area contributed by atoms with Gasteiger partial charge in [0.1, 0.15) is 0 Å². The molecule has 0 amide bonds. The number of benzene rings is 5. The maximum absolute atomic E-state index is 4.12. The molecule has 5 aromatic carbocycles. The van der Waals surface area contributed by atoms with Crippen molar-refractivity contribution in [1.82, 2.24) is 0 Å². The van der Waals surface area contributed by atoms with Crippen LogP contribution in [0.3, 0.4) is 0 Å². The van der Waals surface area contributed by atoms with Crippen molar-refractivity contribution in [2.45, 2.75) is 6.92 Å². The lowest BCUT2D eigenvalue weighted by Gasteiger charge is -2.35. The summed E-state index contributed by atoms with van der Waals surface area (Å²) in [4.78, 5) is 4.66. The topological polar surface area (TPSA) is 6.48 Å². The number of para-hydroxylation sites is 3. The summed E-state index contributed by atoms with van der Waals surface area (Å²) < 4.78 is 0. The number of anilines is 5. The van der Waals surface area contributed by atoms with E-state index in [9.17, 15) is 0 Å². The molecule has 210 valence electrons. The summed E-state index contributed by atoms with van der Waals surface area (Å²) in [7, 11) is 0. The SMILES string of the molecule is C=CC1C=CC=C(N(c2ccccc2)c2ccc(-c3ccc(N(c4ccccc4)c4ccccc4)cc3)cc2)C1/C=C\C. The van der Waals surface area contributed by atoms with Gasteiger partial charge in [0.2, 0.25) is 0 Å². The molecule has 1 aliphatic carbocycles. The molecule has 0 bridgehead atoms. The van der Waals surface area contributed by atoms with Crippen LogP contribution in [0.5, 0.6) is 0 Å². The Bertz CT molecular complexity index is 1680. The minimum Gasteiger partial charge on any atom is -0.314 e. The summed E-state index contributed by atoms with van der Waals surface area (Å²) >= 11 is 0. The smallest absolute Gasteiger partial charge is 0.0462 e.